The molecule has 19 heavy (non-hydrogen) atoms. The summed E-state index contributed by atoms with van der Waals surface area (Å²) in [5.74, 6) is 1.39. The summed E-state index contributed by atoms with van der Waals surface area (Å²) in [6.07, 6.45) is 0. The molecule has 1 aromatic heterocycles. The molecule has 1 heterocycles. The van der Waals surface area contributed by atoms with Crippen LogP contribution in [0, 0.1) is 0 Å². The second kappa shape index (κ2) is 5.43. The summed E-state index contributed by atoms with van der Waals surface area (Å²) in [6.45, 7) is 4.12. The van der Waals surface area contributed by atoms with E-state index in [9.17, 15) is 0 Å². The van der Waals surface area contributed by atoms with E-state index in [1.54, 1.807) is 20.3 Å². The third-order valence-electron chi connectivity index (χ3n) is 2.95. The maximum atomic E-state index is 6.33. The van der Waals surface area contributed by atoms with Crippen LogP contribution in [0.3, 0.4) is 0 Å². The average molecular weight is 300 g/mol. The first kappa shape index (κ1) is 14.2. The van der Waals surface area contributed by atoms with Gasteiger partial charge < -0.3 is 9.47 Å². The molecule has 1 aromatic carbocycles. The van der Waals surface area contributed by atoms with Gasteiger partial charge in [0.15, 0.2) is 0 Å². The standard InChI is InChI=1S/C14H15Cl2NO2/c1-7(2)9-5-8(15)12-13(16)10(18-3)6-11(19-4)14(12)17-9/h5-7H,1-4H3. The molecule has 0 amide bonds. The van der Waals surface area contributed by atoms with Crippen molar-refractivity contribution in [2.24, 2.45) is 0 Å². The van der Waals surface area contributed by atoms with Crippen LogP contribution in [-0.2, 0) is 0 Å². The Labute approximate surface area is 122 Å². The predicted molar refractivity (Wildman–Crippen MR) is 79.0 cm³/mol. The lowest BCUT2D eigenvalue weighted by molar-refractivity contribution is 0.397. The van der Waals surface area contributed by atoms with Crippen molar-refractivity contribution in [2.45, 2.75) is 19.8 Å². The van der Waals surface area contributed by atoms with Crippen LogP contribution in [-0.4, -0.2) is 19.2 Å². The Morgan fingerprint density at radius 2 is 1.68 bits per heavy atom. The van der Waals surface area contributed by atoms with Crippen LogP contribution in [0.2, 0.25) is 10.0 Å². The first-order valence-corrected chi connectivity index (χ1v) is 6.65. The Balaban J connectivity index is 2.88. The van der Waals surface area contributed by atoms with Gasteiger partial charge in [-0.2, -0.15) is 0 Å². The minimum absolute atomic E-state index is 0.271. The molecule has 0 N–H and O–H groups in total. The summed E-state index contributed by atoms with van der Waals surface area (Å²) in [6, 6.07) is 3.55. The molecule has 0 unspecified atom stereocenters. The van der Waals surface area contributed by atoms with E-state index in [0.717, 1.165) is 5.69 Å². The Bertz CT molecular complexity index is 627. The monoisotopic (exact) mass is 299 g/mol. The van der Waals surface area contributed by atoms with Crippen molar-refractivity contribution in [3.63, 3.8) is 0 Å². The Morgan fingerprint density at radius 1 is 1.05 bits per heavy atom. The lowest BCUT2D eigenvalue weighted by Gasteiger charge is -2.14. The summed E-state index contributed by atoms with van der Waals surface area (Å²) in [5, 5.41) is 1.66. The number of halogens is 2. The van der Waals surface area contributed by atoms with E-state index in [1.807, 2.05) is 6.07 Å². The normalized spacial score (nSPS) is 11.1. The highest BCUT2D eigenvalue weighted by atomic mass is 35.5. The van der Waals surface area contributed by atoms with E-state index in [4.69, 9.17) is 32.7 Å². The van der Waals surface area contributed by atoms with Gasteiger partial charge in [-0.1, -0.05) is 37.0 Å². The summed E-state index contributed by atoms with van der Waals surface area (Å²) in [7, 11) is 3.13. The largest absolute Gasteiger partial charge is 0.495 e. The van der Waals surface area contributed by atoms with Gasteiger partial charge in [0.1, 0.15) is 17.0 Å². The Kier molecular flexibility index (Phi) is 4.07. The maximum Gasteiger partial charge on any atom is 0.148 e. The number of hydrogen-bond acceptors (Lipinski definition) is 3. The fourth-order valence-electron chi connectivity index (χ4n) is 1.89. The van der Waals surface area contributed by atoms with Crippen LogP contribution in [0.25, 0.3) is 10.9 Å². The van der Waals surface area contributed by atoms with Crippen molar-refractivity contribution in [3.8, 4) is 11.5 Å². The van der Waals surface area contributed by atoms with Crippen molar-refractivity contribution >= 4 is 34.1 Å². The number of nitrogens with zero attached hydrogens (tertiary/aromatic N) is 1. The van der Waals surface area contributed by atoms with Gasteiger partial charge in [-0.15, -0.1) is 0 Å². The number of hydrogen-bond donors (Lipinski definition) is 0. The molecule has 0 aliphatic carbocycles. The van der Waals surface area contributed by atoms with E-state index >= 15 is 0 Å². The van der Waals surface area contributed by atoms with Crippen LogP contribution < -0.4 is 9.47 Å². The van der Waals surface area contributed by atoms with E-state index in [0.29, 0.717) is 32.4 Å². The van der Waals surface area contributed by atoms with E-state index in [1.165, 1.54) is 0 Å². The molecular weight excluding hydrogens is 285 g/mol. The third kappa shape index (κ3) is 2.45. The van der Waals surface area contributed by atoms with Gasteiger partial charge in [0.2, 0.25) is 0 Å². The number of ether oxygens (including phenoxy) is 2. The van der Waals surface area contributed by atoms with Gasteiger partial charge in [0.25, 0.3) is 0 Å². The number of fused-ring (bicyclic) bond motifs is 1. The fraction of sp³-hybridized carbons (Fsp3) is 0.357. The molecule has 2 rings (SSSR count). The van der Waals surface area contributed by atoms with Crippen LogP contribution in [0.15, 0.2) is 12.1 Å². The zero-order valence-corrected chi connectivity index (χ0v) is 12.8. The van der Waals surface area contributed by atoms with Crippen LogP contribution >= 0.6 is 23.2 Å². The topological polar surface area (TPSA) is 31.4 Å². The Morgan fingerprint density at radius 3 is 2.21 bits per heavy atom. The quantitative estimate of drug-likeness (QED) is 0.824. The van der Waals surface area contributed by atoms with Crippen LogP contribution in [0.1, 0.15) is 25.5 Å². The molecule has 0 radical (unpaired) electrons. The number of methoxy groups -OCH3 is 2. The molecule has 0 spiro atoms. The summed E-state index contributed by atoms with van der Waals surface area (Å²) >= 11 is 12.6. The lowest BCUT2D eigenvalue weighted by atomic mass is 10.1. The van der Waals surface area contributed by atoms with Crippen LogP contribution in [0.4, 0.5) is 0 Å². The van der Waals surface area contributed by atoms with Crippen LogP contribution in [0.5, 0.6) is 11.5 Å². The molecule has 0 aliphatic heterocycles. The van der Waals surface area contributed by atoms with Gasteiger partial charge in [-0.05, 0) is 12.0 Å². The first-order valence-electron chi connectivity index (χ1n) is 5.90. The Hall–Kier alpha value is -1.19. The molecule has 102 valence electrons. The number of rotatable bonds is 3. The molecule has 0 fully saturated rings. The summed E-state index contributed by atoms with van der Waals surface area (Å²) in [4.78, 5) is 4.59. The van der Waals surface area contributed by atoms with Gasteiger partial charge in [-0.3, -0.25) is 0 Å². The molecule has 0 saturated carbocycles. The lowest BCUT2D eigenvalue weighted by Crippen LogP contribution is -1.98. The van der Waals surface area contributed by atoms with E-state index in [2.05, 4.69) is 18.8 Å². The molecule has 3 nitrogen and oxygen atoms in total. The molecule has 2 aromatic rings. The maximum absolute atomic E-state index is 6.33. The molecular formula is C14H15Cl2NO2. The zero-order chi connectivity index (χ0) is 14.2. The second-order valence-electron chi connectivity index (χ2n) is 4.50. The SMILES string of the molecule is COc1cc(OC)c2nc(C(C)C)cc(Cl)c2c1Cl. The van der Waals surface area contributed by atoms with Crippen molar-refractivity contribution < 1.29 is 9.47 Å². The van der Waals surface area contributed by atoms with Crippen molar-refractivity contribution in [1.29, 1.82) is 0 Å². The van der Waals surface area contributed by atoms with Crippen molar-refractivity contribution in [2.75, 3.05) is 14.2 Å². The van der Waals surface area contributed by atoms with Gasteiger partial charge in [0, 0.05) is 17.1 Å². The van der Waals surface area contributed by atoms with Crippen molar-refractivity contribution in [3.05, 3.63) is 27.9 Å². The predicted octanol–water partition coefficient (Wildman–Crippen LogP) is 4.68. The van der Waals surface area contributed by atoms with Gasteiger partial charge in [0.05, 0.1) is 24.3 Å². The van der Waals surface area contributed by atoms with E-state index in [-0.39, 0.29) is 5.92 Å². The zero-order valence-electron chi connectivity index (χ0n) is 11.3. The minimum Gasteiger partial charge on any atom is -0.495 e. The molecule has 5 heteroatoms. The van der Waals surface area contributed by atoms with Gasteiger partial charge >= 0.3 is 0 Å². The highest BCUT2D eigenvalue weighted by Gasteiger charge is 2.17. The fourth-order valence-corrected chi connectivity index (χ4v) is 2.56. The number of benzene rings is 1. The molecule has 0 saturated heterocycles. The van der Waals surface area contributed by atoms with Gasteiger partial charge in [-0.25, -0.2) is 4.98 Å². The smallest absolute Gasteiger partial charge is 0.148 e. The second-order valence-corrected chi connectivity index (χ2v) is 5.29. The first-order chi connectivity index (χ1) is 8.99. The van der Waals surface area contributed by atoms with Crippen molar-refractivity contribution in [1.82, 2.24) is 4.98 Å². The molecule has 0 atom stereocenters. The third-order valence-corrected chi connectivity index (χ3v) is 3.63. The highest BCUT2D eigenvalue weighted by Crippen LogP contribution is 2.42. The summed E-state index contributed by atoms with van der Waals surface area (Å²) < 4.78 is 10.6. The number of aromatic nitrogens is 1. The molecule has 0 bridgehead atoms. The van der Waals surface area contributed by atoms with E-state index < -0.39 is 0 Å². The molecule has 0 aliphatic rings. The number of pyridine rings is 1. The highest BCUT2D eigenvalue weighted by molar-refractivity contribution is 6.43. The summed E-state index contributed by atoms with van der Waals surface area (Å²) in [5.41, 5.74) is 1.56. The average Bonchev–Trinajstić information content (AvgIpc) is 2.38. The minimum atomic E-state index is 0.271.